The van der Waals surface area contributed by atoms with Crippen molar-refractivity contribution in [1.29, 1.82) is 0 Å². The Hall–Kier alpha value is -2.04. The first-order valence-corrected chi connectivity index (χ1v) is 9.65. The molecule has 25 heavy (non-hydrogen) atoms. The molecule has 2 aromatic heterocycles. The van der Waals surface area contributed by atoms with Gasteiger partial charge in [-0.2, -0.15) is 0 Å². The van der Waals surface area contributed by atoms with Gasteiger partial charge in [-0.25, -0.2) is 0 Å². The summed E-state index contributed by atoms with van der Waals surface area (Å²) in [7, 11) is 0. The van der Waals surface area contributed by atoms with Crippen molar-refractivity contribution < 1.29 is 13.7 Å². The van der Waals surface area contributed by atoms with E-state index in [0.717, 1.165) is 31.2 Å². The zero-order valence-corrected chi connectivity index (χ0v) is 14.7. The number of carbonyl (C=O) groups excluding carboxylic acids is 1. The number of carbonyl (C=O) groups is 1. The van der Waals surface area contributed by atoms with Crippen LogP contribution < -0.4 is 0 Å². The van der Waals surface area contributed by atoms with Gasteiger partial charge in [-0.3, -0.25) is 4.79 Å². The summed E-state index contributed by atoms with van der Waals surface area (Å²) >= 11 is 0. The maximum Gasteiger partial charge on any atom is 0.276 e. The molecule has 2 fully saturated rings. The fourth-order valence-electron chi connectivity index (χ4n) is 4.40. The molecule has 0 radical (unpaired) electrons. The predicted molar refractivity (Wildman–Crippen MR) is 94.1 cm³/mol. The lowest BCUT2D eigenvalue weighted by Gasteiger charge is -2.41. The molecular weight excluding hydrogens is 316 g/mol. The van der Waals surface area contributed by atoms with Crippen molar-refractivity contribution in [3.8, 4) is 11.3 Å². The lowest BCUT2D eigenvalue weighted by molar-refractivity contribution is 0.0438. The summed E-state index contributed by atoms with van der Waals surface area (Å²) in [5.74, 6) is 0.627. The minimum absolute atomic E-state index is 0.0392. The zero-order valence-electron chi connectivity index (χ0n) is 14.7. The quantitative estimate of drug-likeness (QED) is 0.781. The maximum atomic E-state index is 13.3. The second-order valence-corrected chi connectivity index (χ2v) is 7.38. The first kappa shape index (κ1) is 16.4. The number of nitrogens with zero attached hydrogens (tertiary/aromatic N) is 2. The number of amides is 1. The van der Waals surface area contributed by atoms with E-state index >= 15 is 0 Å². The van der Waals surface area contributed by atoms with E-state index in [9.17, 15) is 4.79 Å². The van der Waals surface area contributed by atoms with Crippen LogP contribution in [0.25, 0.3) is 11.3 Å². The third kappa shape index (κ3) is 3.51. The standard InChI is InChI=1S/C20H26N2O3/c23-20(18-13-19(25-21-18)15-11-12-24-14-15)22(16-7-3-1-4-8-16)17-9-5-2-6-10-17/h11-14,16-17H,1-10H2. The van der Waals surface area contributed by atoms with Gasteiger partial charge < -0.3 is 13.8 Å². The highest BCUT2D eigenvalue weighted by Crippen LogP contribution is 2.32. The molecule has 2 aromatic rings. The summed E-state index contributed by atoms with van der Waals surface area (Å²) in [5.41, 5.74) is 1.24. The Morgan fingerprint density at radius 2 is 1.64 bits per heavy atom. The van der Waals surface area contributed by atoms with Crippen molar-refractivity contribution >= 4 is 5.91 Å². The monoisotopic (exact) mass is 342 g/mol. The molecule has 0 atom stereocenters. The number of hydrogen-bond acceptors (Lipinski definition) is 4. The lowest BCUT2D eigenvalue weighted by Crippen LogP contribution is -2.48. The molecule has 0 unspecified atom stereocenters. The number of rotatable bonds is 4. The molecular formula is C20H26N2O3. The Morgan fingerprint density at radius 3 is 2.20 bits per heavy atom. The smallest absolute Gasteiger partial charge is 0.276 e. The van der Waals surface area contributed by atoms with Gasteiger partial charge >= 0.3 is 0 Å². The Balaban J connectivity index is 1.58. The van der Waals surface area contributed by atoms with Crippen LogP contribution in [0.15, 0.2) is 33.6 Å². The van der Waals surface area contributed by atoms with Gasteiger partial charge in [0, 0.05) is 18.2 Å². The van der Waals surface area contributed by atoms with Crippen molar-refractivity contribution in [3.05, 3.63) is 30.4 Å². The minimum Gasteiger partial charge on any atom is -0.472 e. The maximum absolute atomic E-state index is 13.3. The van der Waals surface area contributed by atoms with E-state index in [4.69, 9.17) is 8.94 Å². The van der Waals surface area contributed by atoms with E-state index in [0.29, 0.717) is 23.5 Å². The number of aromatic nitrogens is 1. The van der Waals surface area contributed by atoms with E-state index in [1.807, 2.05) is 6.07 Å². The van der Waals surface area contributed by atoms with E-state index in [1.165, 1.54) is 38.5 Å². The molecule has 0 aliphatic heterocycles. The van der Waals surface area contributed by atoms with Gasteiger partial charge in [-0.1, -0.05) is 43.7 Å². The van der Waals surface area contributed by atoms with Crippen molar-refractivity contribution in [2.24, 2.45) is 0 Å². The van der Waals surface area contributed by atoms with E-state index < -0.39 is 0 Å². The number of hydrogen-bond donors (Lipinski definition) is 0. The summed E-state index contributed by atoms with van der Waals surface area (Å²) < 4.78 is 10.5. The fraction of sp³-hybridized carbons (Fsp3) is 0.600. The van der Waals surface area contributed by atoms with E-state index in [1.54, 1.807) is 18.6 Å². The first-order chi connectivity index (χ1) is 12.3. The van der Waals surface area contributed by atoms with Gasteiger partial charge in [0.2, 0.25) is 0 Å². The average Bonchev–Trinajstić information content (AvgIpc) is 3.35. The molecule has 0 saturated heterocycles. The molecule has 0 N–H and O–H groups in total. The highest BCUT2D eigenvalue weighted by atomic mass is 16.5. The highest BCUT2D eigenvalue weighted by Gasteiger charge is 2.34. The van der Waals surface area contributed by atoms with Crippen LogP contribution in [-0.2, 0) is 0 Å². The average molecular weight is 342 g/mol. The first-order valence-electron chi connectivity index (χ1n) is 9.65. The minimum atomic E-state index is 0.0392. The molecule has 2 heterocycles. The van der Waals surface area contributed by atoms with Crippen molar-refractivity contribution in [2.75, 3.05) is 0 Å². The van der Waals surface area contributed by atoms with Crippen LogP contribution >= 0.6 is 0 Å². The molecule has 134 valence electrons. The fourth-order valence-corrected chi connectivity index (χ4v) is 4.40. The van der Waals surface area contributed by atoms with Crippen LogP contribution in [0, 0.1) is 0 Å². The van der Waals surface area contributed by atoms with E-state index in [2.05, 4.69) is 10.1 Å². The normalized spacial score (nSPS) is 19.8. The van der Waals surface area contributed by atoms with Crippen LogP contribution in [0.1, 0.15) is 74.7 Å². The summed E-state index contributed by atoms with van der Waals surface area (Å²) in [6.07, 6.45) is 15.1. The number of furan rings is 1. The Labute approximate surface area is 148 Å². The van der Waals surface area contributed by atoms with Crippen LogP contribution in [0.2, 0.25) is 0 Å². The third-order valence-electron chi connectivity index (χ3n) is 5.71. The van der Waals surface area contributed by atoms with Crippen LogP contribution in [-0.4, -0.2) is 28.0 Å². The molecule has 1 amide bonds. The van der Waals surface area contributed by atoms with Crippen molar-refractivity contribution in [3.63, 3.8) is 0 Å². The van der Waals surface area contributed by atoms with Crippen molar-refractivity contribution in [2.45, 2.75) is 76.3 Å². The summed E-state index contributed by atoms with van der Waals surface area (Å²) in [6, 6.07) is 4.29. The second kappa shape index (κ2) is 7.46. The molecule has 0 aromatic carbocycles. The molecule has 0 bridgehead atoms. The molecule has 2 aliphatic rings. The molecule has 4 rings (SSSR count). The largest absolute Gasteiger partial charge is 0.472 e. The Bertz CT molecular complexity index is 662. The van der Waals surface area contributed by atoms with Crippen LogP contribution in [0.4, 0.5) is 0 Å². The van der Waals surface area contributed by atoms with Gasteiger partial charge in [-0.05, 0) is 31.7 Å². The summed E-state index contributed by atoms with van der Waals surface area (Å²) in [4.78, 5) is 15.5. The molecule has 5 nitrogen and oxygen atoms in total. The SMILES string of the molecule is O=C(c1cc(-c2ccoc2)on1)N(C1CCCCC1)C1CCCCC1. The predicted octanol–water partition coefficient (Wildman–Crippen LogP) is 5.04. The summed E-state index contributed by atoms with van der Waals surface area (Å²) in [6.45, 7) is 0. The van der Waals surface area contributed by atoms with Gasteiger partial charge in [0.25, 0.3) is 5.91 Å². The van der Waals surface area contributed by atoms with Gasteiger partial charge in [0.05, 0.1) is 11.8 Å². The molecule has 2 saturated carbocycles. The molecule has 2 aliphatic carbocycles. The van der Waals surface area contributed by atoms with Crippen molar-refractivity contribution in [1.82, 2.24) is 10.1 Å². The third-order valence-corrected chi connectivity index (χ3v) is 5.71. The topological polar surface area (TPSA) is 59.5 Å². The van der Waals surface area contributed by atoms with Crippen LogP contribution in [0.5, 0.6) is 0 Å². The second-order valence-electron chi connectivity index (χ2n) is 7.38. The summed E-state index contributed by atoms with van der Waals surface area (Å²) in [5, 5.41) is 4.07. The Morgan fingerprint density at radius 1 is 1.00 bits per heavy atom. The Kier molecular flexibility index (Phi) is 4.90. The zero-order chi connectivity index (χ0) is 17.1. The van der Waals surface area contributed by atoms with Crippen LogP contribution in [0.3, 0.4) is 0 Å². The van der Waals surface area contributed by atoms with Gasteiger partial charge in [0.1, 0.15) is 6.26 Å². The van der Waals surface area contributed by atoms with E-state index in [-0.39, 0.29) is 5.91 Å². The molecule has 0 spiro atoms. The van der Waals surface area contributed by atoms with Gasteiger partial charge in [-0.15, -0.1) is 0 Å². The highest BCUT2D eigenvalue weighted by molar-refractivity contribution is 5.93. The molecule has 5 heteroatoms. The lowest BCUT2D eigenvalue weighted by atomic mass is 9.88. The van der Waals surface area contributed by atoms with Gasteiger partial charge in [0.15, 0.2) is 11.5 Å².